The number of nitrogens with zero attached hydrogens (tertiary/aromatic N) is 2. The third kappa shape index (κ3) is 7.19. The molecule has 2 N–H and O–H groups in total. The van der Waals surface area contributed by atoms with Crippen molar-refractivity contribution >= 4 is 29.9 Å². The molecule has 26 heavy (non-hydrogen) atoms. The van der Waals surface area contributed by atoms with E-state index < -0.39 is 0 Å². The third-order valence-electron chi connectivity index (χ3n) is 3.68. The van der Waals surface area contributed by atoms with Crippen molar-refractivity contribution in [2.75, 3.05) is 7.05 Å². The SMILES string of the molecule is CN=C(NCc1ccnc(Oc2ccc(C)c(C)c2)c1)NC(C)(C)C.I. The smallest absolute Gasteiger partial charge is 0.219 e. The van der Waals surface area contributed by atoms with Crippen molar-refractivity contribution in [1.82, 2.24) is 15.6 Å². The summed E-state index contributed by atoms with van der Waals surface area (Å²) in [6, 6.07) is 9.94. The molecule has 2 aromatic rings. The van der Waals surface area contributed by atoms with Gasteiger partial charge in [-0.15, -0.1) is 24.0 Å². The second-order valence-corrected chi connectivity index (χ2v) is 7.15. The molecule has 6 heteroatoms. The van der Waals surface area contributed by atoms with E-state index in [9.17, 15) is 0 Å². The number of aryl methyl sites for hydroxylation is 2. The van der Waals surface area contributed by atoms with Gasteiger partial charge in [0.15, 0.2) is 5.96 Å². The molecule has 0 unspecified atom stereocenters. The van der Waals surface area contributed by atoms with Crippen LogP contribution in [-0.2, 0) is 6.54 Å². The fourth-order valence-corrected chi connectivity index (χ4v) is 2.23. The van der Waals surface area contributed by atoms with E-state index in [1.54, 1.807) is 13.2 Å². The van der Waals surface area contributed by atoms with E-state index in [0.29, 0.717) is 12.4 Å². The van der Waals surface area contributed by atoms with Crippen LogP contribution in [0, 0.1) is 13.8 Å². The van der Waals surface area contributed by atoms with Crippen molar-refractivity contribution in [3.8, 4) is 11.6 Å². The zero-order chi connectivity index (χ0) is 18.4. The average Bonchev–Trinajstić information content (AvgIpc) is 2.54. The van der Waals surface area contributed by atoms with Crippen molar-refractivity contribution in [2.45, 2.75) is 46.7 Å². The first-order chi connectivity index (χ1) is 11.8. The molecule has 0 radical (unpaired) electrons. The van der Waals surface area contributed by atoms with Crippen LogP contribution in [0.1, 0.15) is 37.5 Å². The third-order valence-corrected chi connectivity index (χ3v) is 3.68. The molecule has 0 spiro atoms. The minimum Gasteiger partial charge on any atom is -0.439 e. The van der Waals surface area contributed by atoms with Crippen molar-refractivity contribution < 1.29 is 4.74 Å². The fourth-order valence-electron chi connectivity index (χ4n) is 2.23. The lowest BCUT2D eigenvalue weighted by Crippen LogP contribution is -2.47. The molecule has 0 fully saturated rings. The van der Waals surface area contributed by atoms with Crippen molar-refractivity contribution in [3.05, 3.63) is 53.2 Å². The quantitative estimate of drug-likeness (QED) is 0.392. The number of aromatic nitrogens is 1. The average molecular weight is 468 g/mol. The number of aliphatic imine (C=N–C) groups is 1. The number of halogens is 1. The van der Waals surface area contributed by atoms with E-state index >= 15 is 0 Å². The van der Waals surface area contributed by atoms with Gasteiger partial charge in [0, 0.05) is 31.4 Å². The van der Waals surface area contributed by atoms with Gasteiger partial charge in [-0.3, -0.25) is 4.99 Å². The van der Waals surface area contributed by atoms with E-state index in [1.165, 1.54) is 11.1 Å². The minimum atomic E-state index is -0.0440. The summed E-state index contributed by atoms with van der Waals surface area (Å²) in [4.78, 5) is 8.54. The van der Waals surface area contributed by atoms with Crippen molar-refractivity contribution in [2.24, 2.45) is 4.99 Å². The molecule has 1 heterocycles. The predicted octanol–water partition coefficient (Wildman–Crippen LogP) is 4.57. The summed E-state index contributed by atoms with van der Waals surface area (Å²) in [6.07, 6.45) is 1.76. The van der Waals surface area contributed by atoms with Gasteiger partial charge in [0.2, 0.25) is 5.88 Å². The van der Waals surface area contributed by atoms with Crippen LogP contribution >= 0.6 is 24.0 Å². The van der Waals surface area contributed by atoms with Gasteiger partial charge in [0.05, 0.1) is 0 Å². The van der Waals surface area contributed by atoms with E-state index in [0.717, 1.165) is 17.3 Å². The summed E-state index contributed by atoms with van der Waals surface area (Å²) in [5.41, 5.74) is 3.48. The van der Waals surface area contributed by atoms with E-state index in [2.05, 4.69) is 61.3 Å². The first kappa shape index (κ1) is 22.2. The molecule has 0 aliphatic rings. The van der Waals surface area contributed by atoms with E-state index in [-0.39, 0.29) is 29.5 Å². The Hall–Kier alpha value is -1.83. The van der Waals surface area contributed by atoms with Crippen LogP contribution in [-0.4, -0.2) is 23.5 Å². The van der Waals surface area contributed by atoms with Crippen molar-refractivity contribution in [3.63, 3.8) is 0 Å². The number of rotatable bonds is 4. The van der Waals surface area contributed by atoms with Gasteiger partial charge in [0.1, 0.15) is 5.75 Å². The highest BCUT2D eigenvalue weighted by Gasteiger charge is 2.11. The molecule has 1 aromatic carbocycles. The van der Waals surface area contributed by atoms with E-state index in [4.69, 9.17) is 4.74 Å². The first-order valence-corrected chi connectivity index (χ1v) is 8.46. The summed E-state index contributed by atoms with van der Waals surface area (Å²) in [5.74, 6) is 2.15. The number of hydrogen-bond acceptors (Lipinski definition) is 3. The van der Waals surface area contributed by atoms with Gasteiger partial charge in [-0.1, -0.05) is 6.07 Å². The summed E-state index contributed by atoms with van der Waals surface area (Å²) in [7, 11) is 1.77. The van der Waals surface area contributed by atoms with Gasteiger partial charge in [0.25, 0.3) is 0 Å². The Labute approximate surface area is 173 Å². The monoisotopic (exact) mass is 468 g/mol. The molecular formula is C20H29IN4O. The normalized spacial score (nSPS) is 11.5. The zero-order valence-electron chi connectivity index (χ0n) is 16.4. The molecule has 0 aliphatic heterocycles. The van der Waals surface area contributed by atoms with Gasteiger partial charge >= 0.3 is 0 Å². The molecule has 0 bridgehead atoms. The highest BCUT2D eigenvalue weighted by molar-refractivity contribution is 14.0. The molecule has 0 saturated carbocycles. The highest BCUT2D eigenvalue weighted by Crippen LogP contribution is 2.22. The second-order valence-electron chi connectivity index (χ2n) is 7.15. The van der Waals surface area contributed by atoms with Gasteiger partial charge in [-0.2, -0.15) is 0 Å². The lowest BCUT2D eigenvalue weighted by atomic mass is 10.1. The largest absolute Gasteiger partial charge is 0.439 e. The van der Waals surface area contributed by atoms with E-state index in [1.807, 2.05) is 24.3 Å². The van der Waals surface area contributed by atoms with Gasteiger partial charge in [-0.25, -0.2) is 4.98 Å². The van der Waals surface area contributed by atoms with Crippen LogP contribution in [0.2, 0.25) is 0 Å². The van der Waals surface area contributed by atoms with Crippen LogP contribution < -0.4 is 15.4 Å². The number of hydrogen-bond donors (Lipinski definition) is 2. The molecule has 0 amide bonds. The summed E-state index contributed by atoms with van der Waals surface area (Å²) < 4.78 is 5.88. The lowest BCUT2D eigenvalue weighted by Gasteiger charge is -2.23. The molecule has 5 nitrogen and oxygen atoms in total. The number of ether oxygens (including phenoxy) is 1. The molecular weight excluding hydrogens is 439 g/mol. The minimum absolute atomic E-state index is 0. The molecule has 2 rings (SSSR count). The number of benzene rings is 1. The molecule has 1 aromatic heterocycles. The Morgan fingerprint density at radius 3 is 2.46 bits per heavy atom. The topological polar surface area (TPSA) is 58.5 Å². The Bertz CT molecular complexity index is 754. The maximum absolute atomic E-state index is 5.88. The van der Waals surface area contributed by atoms with Crippen LogP contribution in [0.3, 0.4) is 0 Å². The van der Waals surface area contributed by atoms with Crippen LogP contribution in [0.25, 0.3) is 0 Å². The number of pyridine rings is 1. The fraction of sp³-hybridized carbons (Fsp3) is 0.400. The molecule has 0 saturated heterocycles. The standard InChI is InChI=1S/C20H28N4O.HI/c1-14-7-8-17(11-15(14)2)25-18-12-16(9-10-22-18)13-23-19(21-6)24-20(3,4)5;/h7-12H,13H2,1-6H3,(H2,21,23,24);1H. The summed E-state index contributed by atoms with van der Waals surface area (Å²) >= 11 is 0. The highest BCUT2D eigenvalue weighted by atomic mass is 127. The Morgan fingerprint density at radius 1 is 1.12 bits per heavy atom. The Balaban J connectivity index is 0.00000338. The van der Waals surface area contributed by atoms with Gasteiger partial charge in [-0.05, 0) is 69.5 Å². The lowest BCUT2D eigenvalue weighted by molar-refractivity contribution is 0.461. The zero-order valence-corrected chi connectivity index (χ0v) is 18.7. The molecule has 142 valence electrons. The van der Waals surface area contributed by atoms with Crippen LogP contribution in [0.15, 0.2) is 41.5 Å². The first-order valence-electron chi connectivity index (χ1n) is 8.46. The Morgan fingerprint density at radius 2 is 1.85 bits per heavy atom. The molecule has 0 aliphatic carbocycles. The van der Waals surface area contributed by atoms with Crippen LogP contribution in [0.4, 0.5) is 0 Å². The maximum Gasteiger partial charge on any atom is 0.219 e. The number of nitrogens with one attached hydrogen (secondary N) is 2. The second kappa shape index (κ2) is 9.75. The Kier molecular flexibility index (Phi) is 8.33. The number of guanidine groups is 1. The summed E-state index contributed by atoms with van der Waals surface area (Å²) in [6.45, 7) is 11.1. The molecule has 0 atom stereocenters. The van der Waals surface area contributed by atoms with Crippen LogP contribution in [0.5, 0.6) is 11.6 Å². The van der Waals surface area contributed by atoms with Gasteiger partial charge < -0.3 is 15.4 Å². The maximum atomic E-state index is 5.88. The predicted molar refractivity (Wildman–Crippen MR) is 119 cm³/mol. The van der Waals surface area contributed by atoms with Crippen molar-refractivity contribution in [1.29, 1.82) is 0 Å². The summed E-state index contributed by atoms with van der Waals surface area (Å²) in [5, 5.41) is 6.64.